The molecule has 3 aromatic heterocycles. The average Bonchev–Trinajstić information content (AvgIpc) is 3.40. The predicted octanol–water partition coefficient (Wildman–Crippen LogP) is 3.27. The van der Waals surface area contributed by atoms with Crippen molar-refractivity contribution in [1.82, 2.24) is 19.9 Å². The van der Waals surface area contributed by atoms with E-state index in [0.717, 1.165) is 18.9 Å². The van der Waals surface area contributed by atoms with Crippen LogP contribution in [0, 0.1) is 0 Å². The van der Waals surface area contributed by atoms with Crippen molar-refractivity contribution in [2.45, 2.75) is 31.1 Å². The van der Waals surface area contributed by atoms with E-state index in [4.69, 9.17) is 26.5 Å². The predicted molar refractivity (Wildman–Crippen MR) is 116 cm³/mol. The number of fused-ring (bicyclic) bond motifs is 4. The van der Waals surface area contributed by atoms with Gasteiger partial charge in [0, 0.05) is 31.4 Å². The molecule has 33 heavy (non-hydrogen) atoms. The topological polar surface area (TPSA) is 112 Å². The van der Waals surface area contributed by atoms with E-state index in [1.165, 1.54) is 24.2 Å². The Bertz CT molecular complexity index is 1180. The maximum absolute atomic E-state index is 12.7. The molecule has 3 saturated heterocycles. The second-order valence-electron chi connectivity index (χ2n) is 7.47. The van der Waals surface area contributed by atoms with Crippen molar-refractivity contribution in [3.05, 3.63) is 39.8 Å². The van der Waals surface area contributed by atoms with Crippen LogP contribution in [0.25, 0.3) is 5.65 Å². The maximum Gasteiger partial charge on any atom is 0.490 e. The first-order valence-corrected chi connectivity index (χ1v) is 11.1. The quantitative estimate of drug-likeness (QED) is 0.504. The molecular weight excluding hydrogens is 485 g/mol. The van der Waals surface area contributed by atoms with Crippen molar-refractivity contribution in [2.75, 3.05) is 23.3 Å². The molecule has 6 heterocycles. The fraction of sp³-hybridized carbons (Fsp3) is 0.368. The van der Waals surface area contributed by atoms with Crippen LogP contribution in [0.2, 0.25) is 4.34 Å². The zero-order chi connectivity index (χ0) is 23.8. The highest BCUT2D eigenvalue weighted by Crippen LogP contribution is 2.29. The summed E-state index contributed by atoms with van der Waals surface area (Å²) in [6, 6.07) is 4.73. The Labute approximate surface area is 194 Å². The number of amides is 1. The van der Waals surface area contributed by atoms with E-state index < -0.39 is 12.1 Å². The molecule has 3 fully saturated rings. The van der Waals surface area contributed by atoms with Gasteiger partial charge in [-0.2, -0.15) is 18.3 Å². The lowest BCUT2D eigenvalue weighted by molar-refractivity contribution is -0.192. The molecule has 14 heteroatoms. The van der Waals surface area contributed by atoms with Gasteiger partial charge in [-0.3, -0.25) is 4.79 Å². The van der Waals surface area contributed by atoms with Gasteiger partial charge in [-0.25, -0.2) is 14.3 Å². The molecule has 9 nitrogen and oxygen atoms in total. The van der Waals surface area contributed by atoms with Crippen LogP contribution < -0.4 is 15.5 Å². The highest BCUT2D eigenvalue weighted by Gasteiger charge is 2.38. The van der Waals surface area contributed by atoms with Gasteiger partial charge in [0.05, 0.1) is 11.9 Å². The van der Waals surface area contributed by atoms with Crippen LogP contribution in [0.1, 0.15) is 23.2 Å². The number of alkyl halides is 3. The molecule has 1 amide bonds. The van der Waals surface area contributed by atoms with Crippen LogP contribution in [0.4, 0.5) is 24.7 Å². The number of aliphatic carboxylic acids is 1. The van der Waals surface area contributed by atoms with E-state index in [1.807, 2.05) is 17.6 Å². The highest BCUT2D eigenvalue weighted by molar-refractivity contribution is 7.15. The minimum atomic E-state index is -5.08. The molecule has 176 valence electrons. The Morgan fingerprint density at radius 1 is 1.30 bits per heavy atom. The van der Waals surface area contributed by atoms with Gasteiger partial charge in [0.2, 0.25) is 0 Å². The molecule has 6 rings (SSSR count). The third-order valence-electron chi connectivity index (χ3n) is 5.35. The molecule has 2 bridgehead atoms. The molecule has 3 aromatic rings. The van der Waals surface area contributed by atoms with Gasteiger partial charge in [0.25, 0.3) is 5.91 Å². The maximum atomic E-state index is 12.7. The molecule has 3 N–H and O–H groups in total. The number of anilines is 2. The van der Waals surface area contributed by atoms with Crippen LogP contribution in [-0.2, 0) is 4.79 Å². The number of nitrogens with zero attached hydrogens (tertiary/aromatic N) is 4. The number of hydrogen-bond acceptors (Lipinski definition) is 7. The van der Waals surface area contributed by atoms with Gasteiger partial charge >= 0.3 is 12.1 Å². The van der Waals surface area contributed by atoms with E-state index in [-0.39, 0.29) is 5.91 Å². The van der Waals surface area contributed by atoms with E-state index in [1.54, 1.807) is 16.8 Å². The monoisotopic (exact) mass is 502 g/mol. The summed E-state index contributed by atoms with van der Waals surface area (Å²) >= 11 is 7.46. The van der Waals surface area contributed by atoms with Crippen LogP contribution in [0.15, 0.2) is 29.9 Å². The first kappa shape index (κ1) is 23.3. The number of aromatic nitrogens is 3. The zero-order valence-corrected chi connectivity index (χ0v) is 18.4. The minimum absolute atomic E-state index is 0.258. The summed E-state index contributed by atoms with van der Waals surface area (Å²) in [5.74, 6) is -2.11. The van der Waals surface area contributed by atoms with E-state index in [0.29, 0.717) is 33.3 Å². The number of carbonyl (C=O) groups is 2. The Hall–Kier alpha value is -2.90. The zero-order valence-electron chi connectivity index (χ0n) is 16.8. The second kappa shape index (κ2) is 9.15. The molecule has 0 aliphatic carbocycles. The molecule has 2 unspecified atom stereocenters. The third kappa shape index (κ3) is 5.04. The first-order chi connectivity index (χ1) is 15.6. The lowest BCUT2D eigenvalue weighted by atomic mass is 9.93. The summed E-state index contributed by atoms with van der Waals surface area (Å²) in [6.45, 7) is 1.94. The summed E-state index contributed by atoms with van der Waals surface area (Å²) in [7, 11) is 0. The minimum Gasteiger partial charge on any atom is -0.475 e. The average molecular weight is 503 g/mol. The molecular formula is C19H18ClF3N6O3S. The number of nitrogens with one attached hydrogen (secondary N) is 2. The summed E-state index contributed by atoms with van der Waals surface area (Å²) in [6.07, 6.45) is 0.715. The Morgan fingerprint density at radius 3 is 2.61 bits per heavy atom. The molecule has 3 aliphatic heterocycles. The largest absolute Gasteiger partial charge is 0.490 e. The van der Waals surface area contributed by atoms with E-state index in [9.17, 15) is 18.0 Å². The van der Waals surface area contributed by atoms with Crippen molar-refractivity contribution in [3.8, 4) is 0 Å². The summed E-state index contributed by atoms with van der Waals surface area (Å²) in [5, 5.41) is 19.6. The second-order valence-corrected chi connectivity index (χ2v) is 8.98. The summed E-state index contributed by atoms with van der Waals surface area (Å²) in [5.41, 5.74) is 1.60. The first-order valence-electron chi connectivity index (χ1n) is 9.82. The SMILES string of the molecule is O=C(Nc1ccsc1Cl)c1cnn2ccc(N3CC4CCC3CN4)nc12.O=C(O)C(F)(F)F. The van der Waals surface area contributed by atoms with Crippen LogP contribution in [0.5, 0.6) is 0 Å². The van der Waals surface area contributed by atoms with Crippen molar-refractivity contribution < 1.29 is 27.9 Å². The number of carboxylic acids is 1. The fourth-order valence-electron chi connectivity index (χ4n) is 3.74. The third-order valence-corrected chi connectivity index (χ3v) is 6.52. The molecule has 0 aromatic carbocycles. The number of carboxylic acid groups (broad SMARTS) is 1. The lowest BCUT2D eigenvalue weighted by Crippen LogP contribution is -2.61. The van der Waals surface area contributed by atoms with Gasteiger partial charge in [-0.05, 0) is 30.4 Å². The van der Waals surface area contributed by atoms with Crippen molar-refractivity contribution in [2.24, 2.45) is 0 Å². The van der Waals surface area contributed by atoms with Gasteiger partial charge in [0.1, 0.15) is 15.7 Å². The summed E-state index contributed by atoms with van der Waals surface area (Å²) in [4.78, 5) is 28.7. The number of halogens is 4. The van der Waals surface area contributed by atoms with Gasteiger partial charge in [0.15, 0.2) is 5.65 Å². The van der Waals surface area contributed by atoms with Crippen molar-refractivity contribution >= 4 is 52.0 Å². The molecule has 0 saturated carbocycles. The number of piperidine rings is 2. The summed E-state index contributed by atoms with van der Waals surface area (Å²) < 4.78 is 33.9. The normalized spacial score (nSPS) is 19.8. The smallest absolute Gasteiger partial charge is 0.475 e. The van der Waals surface area contributed by atoms with Crippen molar-refractivity contribution in [1.29, 1.82) is 0 Å². The Morgan fingerprint density at radius 2 is 2.06 bits per heavy atom. The standard InChI is InChI=1S/C17H17ClN6OS.C2HF3O2/c18-15-13(4-6-26-15)21-17(25)12-8-20-24-5-3-14(22-16(12)24)23-9-10-1-2-11(23)7-19-10;3-2(4,5)1(6)7/h3-6,8,10-11,19H,1-2,7,9H2,(H,21,25);(H,6,7). The van der Waals surface area contributed by atoms with E-state index in [2.05, 4.69) is 20.6 Å². The van der Waals surface area contributed by atoms with Crippen LogP contribution in [-0.4, -0.2) is 62.9 Å². The number of piperazine rings is 1. The molecule has 3 aliphatic rings. The van der Waals surface area contributed by atoms with Gasteiger partial charge in [-0.15, -0.1) is 11.3 Å². The van der Waals surface area contributed by atoms with Gasteiger partial charge in [-0.1, -0.05) is 11.6 Å². The Kier molecular flexibility index (Phi) is 6.45. The molecule has 0 radical (unpaired) electrons. The van der Waals surface area contributed by atoms with Gasteiger partial charge < -0.3 is 20.6 Å². The number of rotatable bonds is 3. The molecule has 2 atom stereocenters. The number of hydrogen-bond donors (Lipinski definition) is 3. The van der Waals surface area contributed by atoms with Crippen molar-refractivity contribution in [3.63, 3.8) is 0 Å². The number of carbonyl (C=O) groups excluding carboxylic acids is 1. The van der Waals surface area contributed by atoms with Crippen LogP contribution >= 0.6 is 22.9 Å². The highest BCUT2D eigenvalue weighted by atomic mass is 35.5. The number of thiophene rings is 1. The van der Waals surface area contributed by atoms with E-state index >= 15 is 0 Å². The van der Waals surface area contributed by atoms with Crippen LogP contribution in [0.3, 0.4) is 0 Å². The fourth-order valence-corrected chi connectivity index (χ4v) is 4.57. The molecule has 0 spiro atoms. The lowest BCUT2D eigenvalue weighted by Gasteiger charge is -2.46. The Balaban J connectivity index is 0.000000325.